The topological polar surface area (TPSA) is 72.6 Å². The third-order valence-electron chi connectivity index (χ3n) is 4.54. The van der Waals surface area contributed by atoms with Crippen LogP contribution >= 0.6 is 0 Å². The van der Waals surface area contributed by atoms with Crippen LogP contribution in [0, 0.1) is 19.9 Å². The Hall–Kier alpha value is -2.95. The van der Waals surface area contributed by atoms with Gasteiger partial charge in [-0.3, -0.25) is 9.78 Å². The Morgan fingerprint density at radius 1 is 1.13 bits per heavy atom. The van der Waals surface area contributed by atoms with Gasteiger partial charge in [-0.15, -0.1) is 17.5 Å². The van der Waals surface area contributed by atoms with E-state index >= 15 is 0 Å². The molecule has 2 heterocycles. The van der Waals surface area contributed by atoms with Gasteiger partial charge in [0.25, 0.3) is 0 Å². The second kappa shape index (κ2) is 10.4. The van der Waals surface area contributed by atoms with Crippen molar-refractivity contribution in [3.63, 3.8) is 0 Å². The second-order valence-corrected chi connectivity index (χ2v) is 7.08. The summed E-state index contributed by atoms with van der Waals surface area (Å²) in [6, 6.07) is 17.2. The van der Waals surface area contributed by atoms with Gasteiger partial charge in [-0.2, -0.15) is 0 Å². The van der Waals surface area contributed by atoms with Gasteiger partial charge in [0.1, 0.15) is 11.3 Å². The van der Waals surface area contributed by atoms with E-state index < -0.39 is 0 Å². The molecule has 0 aliphatic carbocycles. The number of aliphatic hydroxyl groups is 1. The van der Waals surface area contributed by atoms with Crippen molar-refractivity contribution in [2.24, 2.45) is 0 Å². The van der Waals surface area contributed by atoms with E-state index in [1.807, 2.05) is 36.4 Å². The normalized spacial score (nSPS) is 10.9. The van der Waals surface area contributed by atoms with Crippen molar-refractivity contribution in [2.75, 3.05) is 7.11 Å². The molecular formula is C25H24IrNO4-. The number of methoxy groups -OCH3 is 1. The summed E-state index contributed by atoms with van der Waals surface area (Å²) in [6.07, 6.45) is 1.17. The molecule has 4 aromatic rings. The maximum atomic E-state index is 10.0. The maximum Gasteiger partial charge on any atom is 0.155 e. The number of aliphatic hydroxyl groups excluding tert-OH is 1. The number of nitrogens with zero attached hydrogens (tertiary/aromatic N) is 1. The minimum atomic E-state index is -0.125. The summed E-state index contributed by atoms with van der Waals surface area (Å²) < 4.78 is 11.4. The molecule has 0 saturated carbocycles. The largest absolute Gasteiger partial charge is 0.518 e. The monoisotopic (exact) mass is 595 g/mol. The SMILES string of the molecule is CC(=O)/C=C(/C)O.COc1ccc(C)c2c(C)cc(-c3[c-]c4ccccc4o3)nc12.[Ir]. The first kappa shape index (κ1) is 24.3. The summed E-state index contributed by atoms with van der Waals surface area (Å²) in [5.41, 5.74) is 4.78. The number of ketones is 1. The number of pyridine rings is 1. The molecule has 0 saturated heterocycles. The van der Waals surface area contributed by atoms with E-state index in [0.29, 0.717) is 5.76 Å². The van der Waals surface area contributed by atoms with Gasteiger partial charge in [-0.1, -0.05) is 30.3 Å². The molecule has 31 heavy (non-hydrogen) atoms. The van der Waals surface area contributed by atoms with Crippen LogP contribution < -0.4 is 4.74 Å². The third-order valence-corrected chi connectivity index (χ3v) is 4.54. The average molecular weight is 595 g/mol. The molecule has 6 heteroatoms. The molecule has 5 nitrogen and oxygen atoms in total. The van der Waals surface area contributed by atoms with Crippen LogP contribution in [0.1, 0.15) is 25.0 Å². The fourth-order valence-electron chi connectivity index (χ4n) is 3.32. The summed E-state index contributed by atoms with van der Waals surface area (Å²) in [4.78, 5) is 14.8. The van der Waals surface area contributed by atoms with Crippen molar-refractivity contribution < 1.29 is 39.2 Å². The number of carbonyl (C=O) groups is 1. The number of para-hydroxylation sites is 1. The van der Waals surface area contributed by atoms with Gasteiger partial charge in [0.2, 0.25) is 0 Å². The molecule has 0 spiro atoms. The van der Waals surface area contributed by atoms with Crippen LogP contribution in [0.3, 0.4) is 0 Å². The van der Waals surface area contributed by atoms with Crippen molar-refractivity contribution in [1.29, 1.82) is 0 Å². The van der Waals surface area contributed by atoms with E-state index in [1.165, 1.54) is 25.5 Å². The fraction of sp³-hybridized carbons (Fsp3) is 0.200. The Bertz CT molecular complexity index is 1220. The standard InChI is InChI=1S/C20H16NO2.C5H8O2.Ir/c1-12-8-9-17(22-3)20-19(12)13(2)10-15(21-20)18-11-14-6-4-5-7-16(14)23-18;1-4(6)3-5(2)7;/h4-10H,1-3H3;3,6H,1-2H3;/q-1;;/b;4-3-;. The first-order valence-corrected chi connectivity index (χ1v) is 9.54. The van der Waals surface area contributed by atoms with E-state index in [1.54, 1.807) is 7.11 Å². The quantitative estimate of drug-likeness (QED) is 0.176. The summed E-state index contributed by atoms with van der Waals surface area (Å²) >= 11 is 0. The van der Waals surface area contributed by atoms with Crippen LogP contribution in [0.15, 0.2) is 58.7 Å². The Morgan fingerprint density at radius 2 is 1.84 bits per heavy atom. The van der Waals surface area contributed by atoms with Crippen molar-refractivity contribution >= 4 is 27.7 Å². The number of benzene rings is 2. The van der Waals surface area contributed by atoms with Crippen LogP contribution in [0.2, 0.25) is 0 Å². The van der Waals surface area contributed by atoms with Gasteiger partial charge in [0.15, 0.2) is 5.78 Å². The molecule has 2 aromatic heterocycles. The van der Waals surface area contributed by atoms with Crippen molar-refractivity contribution in [3.05, 3.63) is 71.5 Å². The number of allylic oxidation sites excluding steroid dienone is 2. The Kier molecular flexibility index (Phi) is 8.14. The van der Waals surface area contributed by atoms with Gasteiger partial charge in [0, 0.05) is 42.8 Å². The van der Waals surface area contributed by atoms with E-state index in [9.17, 15) is 4.79 Å². The fourth-order valence-corrected chi connectivity index (χ4v) is 3.32. The molecule has 0 atom stereocenters. The molecule has 1 N–H and O–H groups in total. The van der Waals surface area contributed by atoms with Crippen LogP contribution in [0.4, 0.5) is 0 Å². The summed E-state index contributed by atoms with van der Waals surface area (Å²) in [5.74, 6) is 1.36. The van der Waals surface area contributed by atoms with Gasteiger partial charge >= 0.3 is 0 Å². The van der Waals surface area contributed by atoms with E-state index in [-0.39, 0.29) is 31.6 Å². The van der Waals surface area contributed by atoms with Crippen LogP contribution in [-0.4, -0.2) is 23.0 Å². The van der Waals surface area contributed by atoms with Crippen molar-refractivity contribution in [1.82, 2.24) is 4.98 Å². The van der Waals surface area contributed by atoms with Gasteiger partial charge in [0.05, 0.1) is 18.6 Å². The average Bonchev–Trinajstić information content (AvgIpc) is 3.11. The molecule has 2 aromatic carbocycles. The number of carbonyl (C=O) groups excluding carboxylic acids is 1. The molecule has 0 fully saturated rings. The number of furan rings is 1. The smallest absolute Gasteiger partial charge is 0.155 e. The zero-order valence-electron chi connectivity index (χ0n) is 18.1. The van der Waals surface area contributed by atoms with E-state index in [2.05, 4.69) is 26.0 Å². The first-order valence-electron chi connectivity index (χ1n) is 9.54. The van der Waals surface area contributed by atoms with Crippen LogP contribution in [0.25, 0.3) is 33.3 Å². The van der Waals surface area contributed by atoms with Crippen molar-refractivity contribution in [3.8, 4) is 17.2 Å². The van der Waals surface area contributed by atoms with Gasteiger partial charge in [-0.25, -0.2) is 0 Å². The zero-order valence-corrected chi connectivity index (χ0v) is 20.5. The Balaban J connectivity index is 0.000000373. The maximum absolute atomic E-state index is 10.0. The molecule has 4 rings (SSSR count). The number of ether oxygens (including phenoxy) is 1. The number of rotatable bonds is 3. The second-order valence-electron chi connectivity index (χ2n) is 7.08. The molecule has 163 valence electrons. The van der Waals surface area contributed by atoms with Gasteiger partial charge < -0.3 is 14.3 Å². The molecule has 0 amide bonds. The van der Waals surface area contributed by atoms with Crippen LogP contribution in [0.5, 0.6) is 5.75 Å². The molecule has 0 unspecified atom stereocenters. The number of aromatic nitrogens is 1. The minimum Gasteiger partial charge on any atom is -0.518 e. The summed E-state index contributed by atoms with van der Waals surface area (Å²) in [6.45, 7) is 7.02. The Morgan fingerprint density at radius 3 is 2.42 bits per heavy atom. The third kappa shape index (κ3) is 5.60. The predicted octanol–water partition coefficient (Wildman–Crippen LogP) is 6.11. The van der Waals surface area contributed by atoms with E-state index in [0.717, 1.165) is 38.9 Å². The summed E-state index contributed by atoms with van der Waals surface area (Å²) in [7, 11) is 1.67. The molecule has 0 aliphatic rings. The Labute approximate surface area is 195 Å². The number of hydrogen-bond donors (Lipinski definition) is 1. The molecule has 0 aliphatic heterocycles. The number of hydrogen-bond acceptors (Lipinski definition) is 5. The van der Waals surface area contributed by atoms with Gasteiger partial charge in [-0.05, 0) is 44.9 Å². The van der Waals surface area contributed by atoms with Crippen molar-refractivity contribution in [2.45, 2.75) is 27.7 Å². The number of aryl methyl sites for hydroxylation is 2. The molecular weight excluding hydrogens is 570 g/mol. The number of fused-ring (bicyclic) bond motifs is 2. The summed E-state index contributed by atoms with van der Waals surface area (Å²) in [5, 5.41) is 10.4. The molecule has 0 bridgehead atoms. The predicted molar refractivity (Wildman–Crippen MR) is 119 cm³/mol. The first-order chi connectivity index (χ1) is 14.3. The zero-order chi connectivity index (χ0) is 21.8. The van der Waals surface area contributed by atoms with Crippen LogP contribution in [-0.2, 0) is 24.9 Å². The molecule has 1 radical (unpaired) electrons. The minimum absolute atomic E-state index is 0. The van der Waals surface area contributed by atoms with E-state index in [4.69, 9.17) is 19.2 Å².